The van der Waals surface area contributed by atoms with Crippen molar-refractivity contribution in [3.05, 3.63) is 29.8 Å². The fraction of sp³-hybridized carbons (Fsp3) is 0.684. The first kappa shape index (κ1) is 14.9. The summed E-state index contributed by atoms with van der Waals surface area (Å²) in [5, 5.41) is 3.63. The van der Waals surface area contributed by atoms with Gasteiger partial charge >= 0.3 is 0 Å². The molecule has 1 heterocycles. The molecule has 1 aromatic carbocycles. The molecule has 0 radical (unpaired) electrons. The molecule has 2 aliphatic rings. The van der Waals surface area contributed by atoms with Gasteiger partial charge in [0, 0.05) is 24.3 Å². The Morgan fingerprint density at radius 1 is 1.29 bits per heavy atom. The highest BCUT2D eigenvalue weighted by Crippen LogP contribution is 2.41. The molecule has 3 unspecified atom stereocenters. The van der Waals surface area contributed by atoms with E-state index in [-0.39, 0.29) is 0 Å². The van der Waals surface area contributed by atoms with Crippen LogP contribution in [0.4, 0.5) is 5.69 Å². The molecule has 21 heavy (non-hydrogen) atoms. The second-order valence-electron chi connectivity index (χ2n) is 7.74. The van der Waals surface area contributed by atoms with Gasteiger partial charge in [-0.1, -0.05) is 38.5 Å². The summed E-state index contributed by atoms with van der Waals surface area (Å²) < 4.78 is 0. The van der Waals surface area contributed by atoms with Gasteiger partial charge in [0.1, 0.15) is 0 Å². The third-order valence-corrected chi connectivity index (χ3v) is 5.80. The Morgan fingerprint density at radius 3 is 2.81 bits per heavy atom. The highest BCUT2D eigenvalue weighted by Gasteiger charge is 2.40. The molecule has 1 N–H and O–H groups in total. The zero-order valence-corrected chi connectivity index (χ0v) is 14.0. The molecule has 2 nitrogen and oxygen atoms in total. The van der Waals surface area contributed by atoms with Crippen LogP contribution in [0.2, 0.25) is 0 Å². The van der Waals surface area contributed by atoms with Crippen LogP contribution in [-0.2, 0) is 6.42 Å². The van der Waals surface area contributed by atoms with Gasteiger partial charge in [0.25, 0.3) is 0 Å². The van der Waals surface area contributed by atoms with Gasteiger partial charge in [0.15, 0.2) is 0 Å². The van der Waals surface area contributed by atoms with Crippen molar-refractivity contribution in [3.8, 4) is 0 Å². The standard InChI is InChI=1S/C19H30N2/c1-14-12-15-8-5-6-10-17(15)21(14)13-16-9-7-11-19(2,3)18(16)20-4/h5-6,8,10,14,16,18,20H,7,9,11-13H2,1-4H3. The Balaban J connectivity index is 1.80. The van der Waals surface area contributed by atoms with Crippen molar-refractivity contribution < 1.29 is 0 Å². The largest absolute Gasteiger partial charge is 0.368 e. The number of anilines is 1. The van der Waals surface area contributed by atoms with Crippen molar-refractivity contribution in [2.45, 2.75) is 58.5 Å². The lowest BCUT2D eigenvalue weighted by Crippen LogP contribution is -2.52. The normalized spacial score (nSPS) is 31.2. The molecule has 1 fully saturated rings. The van der Waals surface area contributed by atoms with E-state index in [4.69, 9.17) is 0 Å². The minimum Gasteiger partial charge on any atom is -0.368 e. The number of hydrogen-bond donors (Lipinski definition) is 1. The van der Waals surface area contributed by atoms with E-state index in [0.717, 1.165) is 5.92 Å². The van der Waals surface area contributed by atoms with Crippen LogP contribution in [0.1, 0.15) is 45.6 Å². The van der Waals surface area contributed by atoms with Crippen LogP contribution in [-0.4, -0.2) is 25.7 Å². The third kappa shape index (κ3) is 2.70. The van der Waals surface area contributed by atoms with Gasteiger partial charge in [-0.3, -0.25) is 0 Å². The summed E-state index contributed by atoms with van der Waals surface area (Å²) in [7, 11) is 2.14. The Hall–Kier alpha value is -1.02. The highest BCUT2D eigenvalue weighted by molar-refractivity contribution is 5.59. The second-order valence-corrected chi connectivity index (χ2v) is 7.74. The van der Waals surface area contributed by atoms with E-state index in [1.807, 2.05) is 0 Å². The van der Waals surface area contributed by atoms with Crippen LogP contribution in [0.3, 0.4) is 0 Å². The molecule has 1 aromatic rings. The summed E-state index contributed by atoms with van der Waals surface area (Å²) in [6.45, 7) is 8.44. The van der Waals surface area contributed by atoms with Crippen molar-refractivity contribution in [1.82, 2.24) is 5.32 Å². The number of para-hydroxylation sites is 1. The van der Waals surface area contributed by atoms with Gasteiger partial charge in [-0.15, -0.1) is 0 Å². The maximum atomic E-state index is 3.63. The van der Waals surface area contributed by atoms with Crippen molar-refractivity contribution in [2.75, 3.05) is 18.5 Å². The van der Waals surface area contributed by atoms with Crippen LogP contribution in [0.25, 0.3) is 0 Å². The second kappa shape index (κ2) is 5.64. The molecule has 1 saturated carbocycles. The number of rotatable bonds is 3. The summed E-state index contributed by atoms with van der Waals surface area (Å²) >= 11 is 0. The summed E-state index contributed by atoms with van der Waals surface area (Å²) in [5.41, 5.74) is 3.42. The average molecular weight is 286 g/mol. The summed E-state index contributed by atoms with van der Waals surface area (Å²) in [5.74, 6) is 0.757. The Bertz CT molecular complexity index is 494. The molecule has 0 bridgehead atoms. The van der Waals surface area contributed by atoms with Gasteiger partial charge in [-0.2, -0.15) is 0 Å². The van der Waals surface area contributed by atoms with Crippen molar-refractivity contribution in [1.29, 1.82) is 0 Å². The third-order valence-electron chi connectivity index (χ3n) is 5.80. The molecular formula is C19H30N2. The van der Waals surface area contributed by atoms with E-state index in [2.05, 4.69) is 62.3 Å². The van der Waals surface area contributed by atoms with Crippen LogP contribution >= 0.6 is 0 Å². The van der Waals surface area contributed by atoms with E-state index in [0.29, 0.717) is 17.5 Å². The van der Waals surface area contributed by atoms with Crippen molar-refractivity contribution >= 4 is 5.69 Å². The zero-order chi connectivity index (χ0) is 15.0. The minimum absolute atomic E-state index is 0.417. The SMILES string of the molecule is CNC1C(CN2c3ccccc3CC2C)CCCC1(C)C. The zero-order valence-electron chi connectivity index (χ0n) is 14.0. The minimum atomic E-state index is 0.417. The van der Waals surface area contributed by atoms with Crippen molar-refractivity contribution in [3.63, 3.8) is 0 Å². The first-order chi connectivity index (χ1) is 10.0. The van der Waals surface area contributed by atoms with Gasteiger partial charge < -0.3 is 10.2 Å². The summed E-state index contributed by atoms with van der Waals surface area (Å²) in [4.78, 5) is 2.66. The number of nitrogens with one attached hydrogen (secondary N) is 1. The quantitative estimate of drug-likeness (QED) is 0.908. The van der Waals surface area contributed by atoms with E-state index in [1.54, 1.807) is 0 Å². The van der Waals surface area contributed by atoms with Crippen molar-refractivity contribution in [2.24, 2.45) is 11.3 Å². The van der Waals surface area contributed by atoms with Crippen LogP contribution in [0.15, 0.2) is 24.3 Å². The molecule has 0 spiro atoms. The van der Waals surface area contributed by atoms with Gasteiger partial charge in [-0.25, -0.2) is 0 Å². The molecule has 2 heteroatoms. The highest BCUT2D eigenvalue weighted by atomic mass is 15.2. The Morgan fingerprint density at radius 2 is 2.05 bits per heavy atom. The average Bonchev–Trinajstić information content (AvgIpc) is 2.75. The predicted octanol–water partition coefficient (Wildman–Crippen LogP) is 3.85. The maximum Gasteiger partial charge on any atom is 0.0402 e. The monoisotopic (exact) mass is 286 g/mol. The summed E-state index contributed by atoms with van der Waals surface area (Å²) in [6.07, 6.45) is 5.29. The Kier molecular flexibility index (Phi) is 4.00. The smallest absolute Gasteiger partial charge is 0.0402 e. The molecule has 0 saturated heterocycles. The lowest BCUT2D eigenvalue weighted by molar-refractivity contribution is 0.117. The number of fused-ring (bicyclic) bond motifs is 1. The van der Waals surface area contributed by atoms with Gasteiger partial charge in [0.2, 0.25) is 0 Å². The number of hydrogen-bond acceptors (Lipinski definition) is 2. The summed E-state index contributed by atoms with van der Waals surface area (Å²) in [6, 6.07) is 10.2. The topological polar surface area (TPSA) is 15.3 Å². The van der Waals surface area contributed by atoms with Crippen LogP contribution < -0.4 is 10.2 Å². The van der Waals surface area contributed by atoms with Crippen LogP contribution in [0.5, 0.6) is 0 Å². The van der Waals surface area contributed by atoms with Crippen LogP contribution in [0, 0.1) is 11.3 Å². The fourth-order valence-corrected chi connectivity index (χ4v) is 4.76. The number of nitrogens with zero attached hydrogens (tertiary/aromatic N) is 1. The fourth-order valence-electron chi connectivity index (χ4n) is 4.76. The van der Waals surface area contributed by atoms with E-state index in [1.165, 1.54) is 43.5 Å². The van der Waals surface area contributed by atoms with E-state index < -0.39 is 0 Å². The maximum absolute atomic E-state index is 3.63. The molecular weight excluding hydrogens is 256 g/mol. The molecule has 0 amide bonds. The van der Waals surface area contributed by atoms with E-state index in [9.17, 15) is 0 Å². The molecule has 116 valence electrons. The lowest BCUT2D eigenvalue weighted by Gasteiger charge is -2.46. The molecule has 1 aliphatic carbocycles. The van der Waals surface area contributed by atoms with Gasteiger partial charge in [0.05, 0.1) is 0 Å². The predicted molar refractivity (Wildman–Crippen MR) is 90.9 cm³/mol. The Labute approximate surface area is 129 Å². The molecule has 1 aliphatic heterocycles. The lowest BCUT2D eigenvalue weighted by atomic mass is 9.68. The van der Waals surface area contributed by atoms with E-state index >= 15 is 0 Å². The first-order valence-electron chi connectivity index (χ1n) is 8.55. The molecule has 0 aromatic heterocycles. The first-order valence-corrected chi connectivity index (χ1v) is 8.55. The molecule has 3 rings (SSSR count). The van der Waals surface area contributed by atoms with Gasteiger partial charge in [-0.05, 0) is 56.2 Å². The number of benzene rings is 1. The molecule has 3 atom stereocenters.